The number of Topliss-reactive ketones (excluding diaryl/α,β-unsaturated/α-hetero) is 1. The summed E-state index contributed by atoms with van der Waals surface area (Å²) in [6.45, 7) is 12.6. The molecule has 0 aliphatic heterocycles. The molecule has 0 aromatic heterocycles. The van der Waals surface area contributed by atoms with E-state index in [0.29, 0.717) is 17.7 Å². The first kappa shape index (κ1) is 24.7. The smallest absolute Gasteiger partial charge is 0.321 e. The monoisotopic (exact) mass is 415 g/mol. The molecule has 0 spiro atoms. The number of hydrogen-bond donors (Lipinski definition) is 0. The fraction of sp³-hybridized carbons (Fsp3) is 0.417. The molecule has 2 aromatic carbocycles. The minimum Gasteiger partial charge on any atom is -0.465 e. The van der Waals surface area contributed by atoms with E-state index in [-0.39, 0.29) is 11.2 Å². The molecule has 2 unspecified atom stereocenters. The van der Waals surface area contributed by atoms with Crippen molar-refractivity contribution in [3.63, 3.8) is 0 Å². The average molecular weight is 415 g/mol. The maximum Gasteiger partial charge on any atom is 0.321 e. The molecule has 0 aliphatic rings. The van der Waals surface area contributed by atoms with Crippen molar-refractivity contribution in [2.75, 3.05) is 6.61 Å². The van der Waals surface area contributed by atoms with Gasteiger partial charge in [-0.15, -0.1) is 0 Å². The van der Waals surface area contributed by atoms with Crippen molar-refractivity contribution in [2.24, 2.45) is 0 Å². The predicted octanol–water partition coefficient (Wildman–Crippen LogP) is 5.73. The second-order valence-electron chi connectivity index (χ2n) is 8.11. The Labute approximate surface area is 176 Å². The summed E-state index contributed by atoms with van der Waals surface area (Å²) in [7, 11) is 1.17. The first-order chi connectivity index (χ1) is 13.7. The first-order valence-electron chi connectivity index (χ1n) is 9.78. The number of esters is 1. The highest BCUT2D eigenvalue weighted by molar-refractivity contribution is 7.00. The topological polar surface area (TPSA) is 60.4 Å². The molecule has 4 nitrogen and oxygen atoms in total. The fourth-order valence-corrected chi connectivity index (χ4v) is 3.26. The molecule has 156 valence electrons. The van der Waals surface area contributed by atoms with Gasteiger partial charge in [-0.05, 0) is 47.9 Å². The molecule has 0 saturated carbocycles. The van der Waals surface area contributed by atoms with E-state index in [1.807, 2.05) is 51.1 Å². The Kier molecular flexibility index (Phi) is 9.39. The number of hydrogen-bond acceptors (Lipinski definition) is 4. The lowest BCUT2D eigenvalue weighted by atomic mass is 9.81. The Morgan fingerprint density at radius 3 is 1.97 bits per heavy atom. The molecule has 0 heterocycles. The van der Waals surface area contributed by atoms with Gasteiger partial charge in [0.2, 0.25) is 0 Å². The van der Waals surface area contributed by atoms with E-state index >= 15 is 0 Å². The minimum atomic E-state index is -0.935. The van der Waals surface area contributed by atoms with Crippen LogP contribution in [0.5, 0.6) is 0 Å². The van der Waals surface area contributed by atoms with E-state index < -0.39 is 11.9 Å². The van der Waals surface area contributed by atoms with Crippen LogP contribution in [0.3, 0.4) is 0 Å². The summed E-state index contributed by atoms with van der Waals surface area (Å²) in [5.74, 6) is -1.61. The van der Waals surface area contributed by atoms with Crippen LogP contribution in [0.25, 0.3) is 0 Å². The van der Waals surface area contributed by atoms with Gasteiger partial charge in [-0.2, -0.15) is 0 Å². The van der Waals surface area contributed by atoms with Gasteiger partial charge in [0, 0.05) is 5.56 Å². The molecule has 0 radical (unpaired) electrons. The number of rotatable bonds is 6. The predicted molar refractivity (Wildman–Crippen MR) is 120 cm³/mol. The van der Waals surface area contributed by atoms with Crippen LogP contribution in [-0.2, 0) is 19.5 Å². The van der Waals surface area contributed by atoms with Gasteiger partial charge >= 0.3 is 15.1 Å². The zero-order chi connectivity index (χ0) is 22.2. The van der Waals surface area contributed by atoms with Gasteiger partial charge in [-0.1, -0.05) is 74.7 Å². The van der Waals surface area contributed by atoms with Crippen molar-refractivity contribution in [3.05, 3.63) is 70.3 Å². The van der Waals surface area contributed by atoms with Crippen LogP contribution in [0, 0.1) is 13.8 Å². The first-order valence-corrected chi connectivity index (χ1v) is 10.2. The van der Waals surface area contributed by atoms with E-state index in [1.54, 1.807) is 0 Å². The Balaban J connectivity index is 0.00000204. The zero-order valence-electron chi connectivity index (χ0n) is 18.2. The Morgan fingerprint density at radius 1 is 1.00 bits per heavy atom. The van der Waals surface area contributed by atoms with Crippen LogP contribution in [0.15, 0.2) is 42.5 Å². The molecule has 2 aromatic rings. The van der Waals surface area contributed by atoms with Gasteiger partial charge in [-0.25, -0.2) is 0 Å². The standard InChI is InChI=1S/C24H30O3.H2OP/c1-7-13-27-23(26)21(18-11-9-8-10-12-18)22(25)20-16(2)14-19(15-17(20)3)24(4,5)6;1-2/h8-12,14-15,21H,7,13H2,1-6H3;2H2/q;+1. The maximum atomic E-state index is 13.5. The highest BCUT2D eigenvalue weighted by Crippen LogP contribution is 2.31. The molecule has 0 saturated heterocycles. The van der Waals surface area contributed by atoms with Crippen LogP contribution in [0.1, 0.15) is 72.6 Å². The normalized spacial score (nSPS) is 11.8. The maximum absolute atomic E-state index is 13.5. The van der Waals surface area contributed by atoms with Gasteiger partial charge < -0.3 is 4.74 Å². The summed E-state index contributed by atoms with van der Waals surface area (Å²) in [5.41, 5.74) is 4.26. The van der Waals surface area contributed by atoms with E-state index in [9.17, 15) is 9.59 Å². The molecule has 0 bridgehead atoms. The summed E-state index contributed by atoms with van der Waals surface area (Å²) in [5, 5.41) is 0. The van der Waals surface area contributed by atoms with Crippen molar-refractivity contribution >= 4 is 20.9 Å². The summed E-state index contributed by atoms with van der Waals surface area (Å²) in [6.07, 6.45) is 0.722. The molecule has 2 atom stereocenters. The van der Waals surface area contributed by atoms with Crippen molar-refractivity contribution in [2.45, 2.75) is 59.3 Å². The third kappa shape index (κ3) is 6.33. The van der Waals surface area contributed by atoms with E-state index in [2.05, 4.69) is 32.9 Å². The molecule has 0 N–H and O–H groups in total. The van der Waals surface area contributed by atoms with Crippen LogP contribution < -0.4 is 0 Å². The Morgan fingerprint density at radius 2 is 1.52 bits per heavy atom. The number of carbonyl (C=O) groups excluding carboxylic acids is 2. The number of ketones is 1. The minimum absolute atomic E-state index is 0.00398. The number of aryl methyl sites for hydroxylation is 2. The fourth-order valence-electron chi connectivity index (χ4n) is 3.26. The van der Waals surface area contributed by atoms with Gasteiger partial charge in [-0.3, -0.25) is 9.59 Å². The molecule has 5 heteroatoms. The summed E-state index contributed by atoms with van der Waals surface area (Å²) >= 11 is 0. The third-order valence-corrected chi connectivity index (χ3v) is 4.72. The second kappa shape index (κ2) is 11.0. The molecule has 29 heavy (non-hydrogen) atoms. The van der Waals surface area contributed by atoms with E-state index in [4.69, 9.17) is 9.30 Å². The largest absolute Gasteiger partial charge is 0.465 e. The molecular weight excluding hydrogens is 383 g/mol. The number of ether oxygens (including phenoxy) is 1. The molecule has 0 aliphatic carbocycles. The van der Waals surface area contributed by atoms with Crippen molar-refractivity contribution in [1.29, 1.82) is 0 Å². The molecule has 0 fully saturated rings. The van der Waals surface area contributed by atoms with Gasteiger partial charge in [0.1, 0.15) is 5.92 Å². The average Bonchev–Trinajstić information content (AvgIpc) is 2.67. The van der Waals surface area contributed by atoms with Crippen molar-refractivity contribution in [3.8, 4) is 0 Å². The number of benzene rings is 2. The highest BCUT2D eigenvalue weighted by atomic mass is 31.0. The highest BCUT2D eigenvalue weighted by Gasteiger charge is 2.33. The van der Waals surface area contributed by atoms with E-state index in [1.165, 1.54) is 14.7 Å². The summed E-state index contributed by atoms with van der Waals surface area (Å²) in [6, 6.07) is 13.3. The summed E-state index contributed by atoms with van der Waals surface area (Å²) in [4.78, 5) is 26.2. The lowest BCUT2D eigenvalue weighted by Gasteiger charge is -2.23. The quantitative estimate of drug-likeness (QED) is 0.262. The van der Waals surface area contributed by atoms with Crippen LogP contribution in [0.4, 0.5) is 0 Å². The van der Waals surface area contributed by atoms with Crippen LogP contribution >= 0.6 is 9.12 Å². The van der Waals surface area contributed by atoms with Crippen LogP contribution in [-0.4, -0.2) is 18.4 Å². The number of carbonyl (C=O) groups is 2. The molecule has 0 amide bonds. The Hall–Kier alpha value is -2.32. The Bertz CT molecular complexity index is 815. The van der Waals surface area contributed by atoms with E-state index in [0.717, 1.165) is 17.5 Å². The molecule has 2 rings (SSSR count). The van der Waals surface area contributed by atoms with Gasteiger partial charge in [0.05, 0.1) is 6.61 Å². The van der Waals surface area contributed by atoms with Gasteiger partial charge in [0.15, 0.2) is 5.78 Å². The second-order valence-corrected chi connectivity index (χ2v) is 8.11. The third-order valence-electron chi connectivity index (χ3n) is 4.72. The van der Waals surface area contributed by atoms with Crippen molar-refractivity contribution in [1.82, 2.24) is 0 Å². The lowest BCUT2D eigenvalue weighted by Crippen LogP contribution is -2.26. The van der Waals surface area contributed by atoms with Crippen LogP contribution in [0.2, 0.25) is 0 Å². The molecular formula is C24H32O4P+. The van der Waals surface area contributed by atoms with Gasteiger partial charge in [0.25, 0.3) is 0 Å². The van der Waals surface area contributed by atoms with Crippen molar-refractivity contribution < 1.29 is 18.9 Å². The zero-order valence-corrected chi connectivity index (χ0v) is 19.4. The lowest BCUT2D eigenvalue weighted by molar-refractivity contribution is -0.144. The summed E-state index contributed by atoms with van der Waals surface area (Å²) < 4.78 is 13.5. The SMILES string of the molecule is CCCOC(=O)C(C(=O)c1c(C)cc(C(C)(C)C)cc1C)c1ccccc1.O=[PH2+].